The number of nitrogens with one attached hydrogen (secondary N) is 2. The molecule has 126 valence electrons. The molecule has 1 aliphatic rings. The lowest BCUT2D eigenvalue weighted by molar-refractivity contribution is -0.129. The first-order valence-electron chi connectivity index (χ1n) is 8.01. The average molecular weight is 343 g/mol. The number of hydrogen-bond donors (Lipinski definition) is 2. The van der Waals surface area contributed by atoms with E-state index >= 15 is 0 Å². The van der Waals surface area contributed by atoms with Gasteiger partial charge in [-0.2, -0.15) is 0 Å². The Labute approximate surface area is 145 Å². The Bertz CT molecular complexity index is 712. The van der Waals surface area contributed by atoms with E-state index < -0.39 is 6.04 Å². The second kappa shape index (κ2) is 7.15. The van der Waals surface area contributed by atoms with Gasteiger partial charge in [0.25, 0.3) is 0 Å². The molecule has 1 saturated heterocycles. The van der Waals surface area contributed by atoms with Crippen molar-refractivity contribution in [3.8, 4) is 0 Å². The lowest BCUT2D eigenvalue weighted by Crippen LogP contribution is -2.47. The summed E-state index contributed by atoms with van der Waals surface area (Å²) >= 11 is 1.65. The maximum Gasteiger partial charge on any atom is 0.324 e. The van der Waals surface area contributed by atoms with Crippen LogP contribution in [0.2, 0.25) is 0 Å². The molecule has 0 unspecified atom stereocenters. The highest BCUT2D eigenvalue weighted by atomic mass is 32.1. The second-order valence-electron chi connectivity index (χ2n) is 5.97. The van der Waals surface area contributed by atoms with Crippen molar-refractivity contribution in [2.45, 2.75) is 25.9 Å². The minimum Gasteiger partial charge on any atom is -0.336 e. The van der Waals surface area contributed by atoms with Crippen LogP contribution in [0.1, 0.15) is 29.0 Å². The summed E-state index contributed by atoms with van der Waals surface area (Å²) < 4.78 is 0. The SMILES string of the molecule is Cc1ccc([C@@H](N[C@@H](C)C(=O)N2CCNC2=O)c2cccs2)cc1. The molecule has 2 heterocycles. The van der Waals surface area contributed by atoms with Crippen molar-refractivity contribution >= 4 is 23.3 Å². The van der Waals surface area contributed by atoms with E-state index in [1.54, 1.807) is 11.3 Å². The molecule has 0 saturated carbocycles. The van der Waals surface area contributed by atoms with Crippen LogP contribution < -0.4 is 10.6 Å². The molecule has 0 radical (unpaired) electrons. The lowest BCUT2D eigenvalue weighted by atomic mass is 10.0. The smallest absolute Gasteiger partial charge is 0.324 e. The third-order valence-electron chi connectivity index (χ3n) is 4.15. The molecular formula is C18H21N3O2S. The molecule has 24 heavy (non-hydrogen) atoms. The van der Waals surface area contributed by atoms with Gasteiger partial charge in [-0.25, -0.2) is 4.79 Å². The number of amides is 3. The van der Waals surface area contributed by atoms with Gasteiger partial charge in [0.1, 0.15) is 0 Å². The normalized spacial score (nSPS) is 16.8. The largest absolute Gasteiger partial charge is 0.336 e. The number of thiophene rings is 1. The fourth-order valence-corrected chi connectivity index (χ4v) is 3.61. The van der Waals surface area contributed by atoms with E-state index in [2.05, 4.69) is 47.9 Å². The standard InChI is InChI=1S/C18H21N3O2S/c1-12-5-7-14(8-6-12)16(15-4-3-11-24-15)20-13(2)17(22)21-10-9-19-18(21)23/h3-8,11,13,16,20H,9-10H2,1-2H3,(H,19,23)/t13-,16+/m0/s1. The zero-order valence-corrected chi connectivity index (χ0v) is 14.6. The van der Waals surface area contributed by atoms with Gasteiger partial charge in [-0.1, -0.05) is 35.9 Å². The summed E-state index contributed by atoms with van der Waals surface area (Å²) in [5.74, 6) is -0.196. The van der Waals surface area contributed by atoms with E-state index in [1.807, 2.05) is 18.4 Å². The molecule has 2 atom stereocenters. The summed E-state index contributed by atoms with van der Waals surface area (Å²) in [4.78, 5) is 26.7. The number of aryl methyl sites for hydroxylation is 1. The Hall–Kier alpha value is -2.18. The summed E-state index contributed by atoms with van der Waals surface area (Å²) in [5.41, 5.74) is 2.30. The topological polar surface area (TPSA) is 61.4 Å². The molecule has 5 nitrogen and oxygen atoms in total. The number of nitrogens with zero attached hydrogens (tertiary/aromatic N) is 1. The number of carbonyl (C=O) groups is 2. The molecule has 1 fully saturated rings. The predicted molar refractivity (Wildman–Crippen MR) is 95.1 cm³/mol. The van der Waals surface area contributed by atoms with Gasteiger partial charge in [0, 0.05) is 18.0 Å². The molecule has 2 N–H and O–H groups in total. The lowest BCUT2D eigenvalue weighted by Gasteiger charge is -2.25. The van der Waals surface area contributed by atoms with Crippen LogP contribution in [0.25, 0.3) is 0 Å². The van der Waals surface area contributed by atoms with E-state index in [-0.39, 0.29) is 18.0 Å². The van der Waals surface area contributed by atoms with Crippen LogP contribution in [-0.4, -0.2) is 36.0 Å². The number of rotatable bonds is 5. The van der Waals surface area contributed by atoms with Crippen molar-refractivity contribution in [3.05, 3.63) is 57.8 Å². The van der Waals surface area contributed by atoms with Gasteiger partial charge in [0.2, 0.25) is 5.91 Å². The molecule has 0 bridgehead atoms. The van der Waals surface area contributed by atoms with Gasteiger partial charge in [0.05, 0.1) is 12.1 Å². The van der Waals surface area contributed by atoms with Crippen molar-refractivity contribution in [2.75, 3.05) is 13.1 Å². The van der Waals surface area contributed by atoms with Gasteiger partial charge in [-0.15, -0.1) is 11.3 Å². The first-order valence-corrected chi connectivity index (χ1v) is 8.89. The molecular weight excluding hydrogens is 322 g/mol. The highest BCUT2D eigenvalue weighted by Crippen LogP contribution is 2.27. The molecule has 2 aromatic rings. The molecule has 1 aliphatic heterocycles. The first kappa shape index (κ1) is 16.7. The summed E-state index contributed by atoms with van der Waals surface area (Å²) in [7, 11) is 0. The number of imide groups is 1. The minimum atomic E-state index is -0.456. The zero-order chi connectivity index (χ0) is 17.1. The van der Waals surface area contributed by atoms with Crippen LogP contribution >= 0.6 is 11.3 Å². The molecule has 3 amide bonds. The third kappa shape index (κ3) is 3.49. The molecule has 3 rings (SSSR count). The van der Waals surface area contributed by atoms with Crippen molar-refractivity contribution < 1.29 is 9.59 Å². The predicted octanol–water partition coefficient (Wildman–Crippen LogP) is 2.68. The monoisotopic (exact) mass is 343 g/mol. The summed E-state index contributed by atoms with van der Waals surface area (Å²) in [5, 5.41) is 8.08. The van der Waals surface area contributed by atoms with Crippen LogP contribution in [0.15, 0.2) is 41.8 Å². The molecule has 6 heteroatoms. The van der Waals surface area contributed by atoms with Gasteiger partial charge in [0.15, 0.2) is 0 Å². The van der Waals surface area contributed by atoms with Crippen LogP contribution in [-0.2, 0) is 4.79 Å². The third-order valence-corrected chi connectivity index (χ3v) is 5.09. The van der Waals surface area contributed by atoms with Gasteiger partial charge < -0.3 is 5.32 Å². The van der Waals surface area contributed by atoms with Crippen LogP contribution in [0, 0.1) is 6.92 Å². The van der Waals surface area contributed by atoms with Gasteiger partial charge >= 0.3 is 6.03 Å². The number of carbonyl (C=O) groups excluding carboxylic acids is 2. The van der Waals surface area contributed by atoms with Gasteiger partial charge in [-0.3, -0.25) is 15.0 Å². The Kier molecular flexibility index (Phi) is 4.97. The van der Waals surface area contributed by atoms with E-state index in [0.29, 0.717) is 13.1 Å². The average Bonchev–Trinajstić information content (AvgIpc) is 3.24. The highest BCUT2D eigenvalue weighted by molar-refractivity contribution is 7.10. The molecule has 0 spiro atoms. The number of benzene rings is 1. The summed E-state index contributed by atoms with van der Waals surface area (Å²) in [6.07, 6.45) is 0. The van der Waals surface area contributed by atoms with E-state index in [9.17, 15) is 9.59 Å². The van der Waals surface area contributed by atoms with Crippen molar-refractivity contribution in [3.63, 3.8) is 0 Å². The van der Waals surface area contributed by atoms with Crippen molar-refractivity contribution in [1.29, 1.82) is 0 Å². The fraction of sp³-hybridized carbons (Fsp3) is 0.333. The Morgan fingerprint density at radius 3 is 2.62 bits per heavy atom. The Morgan fingerprint density at radius 1 is 1.29 bits per heavy atom. The molecule has 0 aliphatic carbocycles. The van der Waals surface area contributed by atoms with Crippen molar-refractivity contribution in [1.82, 2.24) is 15.5 Å². The summed E-state index contributed by atoms with van der Waals surface area (Å²) in [6.45, 7) is 4.81. The van der Waals surface area contributed by atoms with Crippen LogP contribution in [0.5, 0.6) is 0 Å². The number of hydrogen-bond acceptors (Lipinski definition) is 4. The fourth-order valence-electron chi connectivity index (χ4n) is 2.79. The molecule has 1 aromatic heterocycles. The van der Waals surface area contributed by atoms with Crippen LogP contribution in [0.3, 0.4) is 0 Å². The van der Waals surface area contributed by atoms with Gasteiger partial charge in [-0.05, 0) is 30.9 Å². The van der Waals surface area contributed by atoms with E-state index in [0.717, 1.165) is 10.4 Å². The van der Waals surface area contributed by atoms with Crippen molar-refractivity contribution in [2.24, 2.45) is 0 Å². The maximum absolute atomic E-state index is 12.6. The quantitative estimate of drug-likeness (QED) is 0.877. The van der Waals surface area contributed by atoms with Crippen LogP contribution in [0.4, 0.5) is 4.79 Å². The zero-order valence-electron chi connectivity index (χ0n) is 13.8. The minimum absolute atomic E-state index is 0.0739. The Morgan fingerprint density at radius 2 is 2.04 bits per heavy atom. The highest BCUT2D eigenvalue weighted by Gasteiger charge is 2.31. The van der Waals surface area contributed by atoms with E-state index in [4.69, 9.17) is 0 Å². The Balaban J connectivity index is 1.80. The number of urea groups is 1. The first-order chi connectivity index (χ1) is 11.6. The van der Waals surface area contributed by atoms with E-state index in [1.165, 1.54) is 10.5 Å². The summed E-state index contributed by atoms with van der Waals surface area (Å²) in [6, 6.07) is 11.5. The second-order valence-corrected chi connectivity index (χ2v) is 6.95. The maximum atomic E-state index is 12.6. The molecule has 1 aromatic carbocycles.